The molecule has 0 fully saturated rings. The third kappa shape index (κ3) is 3.23. The van der Waals surface area contributed by atoms with Crippen molar-refractivity contribution in [3.63, 3.8) is 0 Å². The van der Waals surface area contributed by atoms with Crippen molar-refractivity contribution in [2.45, 2.75) is 13.0 Å². The average molecular weight is 237 g/mol. The van der Waals surface area contributed by atoms with Crippen molar-refractivity contribution in [1.29, 1.82) is 0 Å². The van der Waals surface area contributed by atoms with Gasteiger partial charge in [-0.15, -0.1) is 12.4 Å². The second-order valence-corrected chi connectivity index (χ2v) is 3.26. The molecular weight excluding hydrogens is 225 g/mol. The van der Waals surface area contributed by atoms with Crippen molar-refractivity contribution in [2.24, 2.45) is 5.73 Å². The molecule has 0 aliphatic heterocycles. The molecule has 0 aliphatic carbocycles. The molecule has 1 aromatic rings. The van der Waals surface area contributed by atoms with Crippen LogP contribution in [0, 0.1) is 0 Å². The zero-order valence-corrected chi connectivity index (χ0v) is 8.65. The van der Waals surface area contributed by atoms with Crippen LogP contribution in [0.15, 0.2) is 28.7 Å². The Kier molecular flexibility index (Phi) is 4.73. The number of rotatable bonds is 1. The number of benzene rings is 1. The lowest BCUT2D eigenvalue weighted by Gasteiger charge is -2.04. The van der Waals surface area contributed by atoms with Crippen molar-refractivity contribution in [3.05, 3.63) is 34.3 Å². The van der Waals surface area contributed by atoms with E-state index >= 15 is 0 Å². The predicted octanol–water partition coefficient (Wildman–Crippen LogP) is 2.89. The van der Waals surface area contributed by atoms with Gasteiger partial charge in [-0.2, -0.15) is 0 Å². The molecule has 1 rings (SSSR count). The SMILES string of the molecule is C[C@@H](N)c1cccc(Br)c1.Cl. The van der Waals surface area contributed by atoms with E-state index in [-0.39, 0.29) is 18.4 Å². The van der Waals surface area contributed by atoms with Gasteiger partial charge in [-0.1, -0.05) is 28.1 Å². The molecular formula is C8H11BrClN. The molecule has 0 aliphatic rings. The van der Waals surface area contributed by atoms with Gasteiger partial charge < -0.3 is 5.73 Å². The van der Waals surface area contributed by atoms with Crippen molar-refractivity contribution in [2.75, 3.05) is 0 Å². The average Bonchev–Trinajstić information content (AvgIpc) is 1.88. The third-order valence-electron chi connectivity index (χ3n) is 1.37. The molecule has 62 valence electrons. The van der Waals surface area contributed by atoms with E-state index in [4.69, 9.17) is 5.73 Å². The molecule has 0 spiro atoms. The van der Waals surface area contributed by atoms with Crippen molar-refractivity contribution >= 4 is 28.3 Å². The van der Waals surface area contributed by atoms with Crippen LogP contribution >= 0.6 is 28.3 Å². The van der Waals surface area contributed by atoms with Crippen LogP contribution in [0.5, 0.6) is 0 Å². The molecule has 2 N–H and O–H groups in total. The minimum Gasteiger partial charge on any atom is -0.324 e. The summed E-state index contributed by atoms with van der Waals surface area (Å²) in [5.74, 6) is 0. The van der Waals surface area contributed by atoms with Crippen molar-refractivity contribution in [3.8, 4) is 0 Å². The summed E-state index contributed by atoms with van der Waals surface area (Å²) in [7, 11) is 0. The Morgan fingerprint density at radius 1 is 1.45 bits per heavy atom. The maximum atomic E-state index is 5.66. The lowest BCUT2D eigenvalue weighted by atomic mass is 10.1. The molecule has 1 aromatic carbocycles. The van der Waals surface area contributed by atoms with Crippen LogP contribution in [0.1, 0.15) is 18.5 Å². The van der Waals surface area contributed by atoms with Crippen LogP contribution in [-0.2, 0) is 0 Å². The first-order valence-corrected chi connectivity index (χ1v) is 4.00. The smallest absolute Gasteiger partial charge is 0.0266 e. The summed E-state index contributed by atoms with van der Waals surface area (Å²) >= 11 is 3.37. The van der Waals surface area contributed by atoms with E-state index in [1.165, 1.54) is 0 Å². The number of hydrogen-bond donors (Lipinski definition) is 1. The minimum absolute atomic E-state index is 0. The number of nitrogens with two attached hydrogens (primary N) is 1. The minimum atomic E-state index is 0. The summed E-state index contributed by atoms with van der Waals surface area (Å²) in [4.78, 5) is 0. The summed E-state index contributed by atoms with van der Waals surface area (Å²) in [5.41, 5.74) is 6.82. The normalized spacial score (nSPS) is 11.9. The fourth-order valence-corrected chi connectivity index (χ4v) is 1.21. The maximum absolute atomic E-state index is 5.66. The highest BCUT2D eigenvalue weighted by Crippen LogP contribution is 2.15. The van der Waals surface area contributed by atoms with E-state index in [1.54, 1.807) is 0 Å². The highest BCUT2D eigenvalue weighted by molar-refractivity contribution is 9.10. The van der Waals surface area contributed by atoms with Crippen LogP contribution in [0.3, 0.4) is 0 Å². The van der Waals surface area contributed by atoms with Crippen LogP contribution < -0.4 is 5.73 Å². The first-order chi connectivity index (χ1) is 4.70. The second-order valence-electron chi connectivity index (χ2n) is 2.34. The van der Waals surface area contributed by atoms with Crippen LogP contribution in [0.2, 0.25) is 0 Å². The quantitative estimate of drug-likeness (QED) is 0.797. The first-order valence-electron chi connectivity index (χ1n) is 3.21. The topological polar surface area (TPSA) is 26.0 Å². The van der Waals surface area contributed by atoms with E-state index in [9.17, 15) is 0 Å². The Morgan fingerprint density at radius 2 is 2.09 bits per heavy atom. The molecule has 0 bridgehead atoms. The maximum Gasteiger partial charge on any atom is 0.0266 e. The molecule has 0 amide bonds. The van der Waals surface area contributed by atoms with Gasteiger partial charge >= 0.3 is 0 Å². The largest absolute Gasteiger partial charge is 0.324 e. The van der Waals surface area contributed by atoms with Gasteiger partial charge in [0.25, 0.3) is 0 Å². The lowest BCUT2D eigenvalue weighted by molar-refractivity contribution is 0.817. The number of halogens is 2. The Hall–Kier alpha value is -0.0500. The molecule has 11 heavy (non-hydrogen) atoms. The molecule has 0 radical (unpaired) electrons. The molecule has 0 saturated carbocycles. The number of hydrogen-bond acceptors (Lipinski definition) is 1. The van der Waals surface area contributed by atoms with Gasteiger partial charge in [0.15, 0.2) is 0 Å². The van der Waals surface area contributed by atoms with Gasteiger partial charge in [0.1, 0.15) is 0 Å². The van der Waals surface area contributed by atoms with E-state index in [0.29, 0.717) is 0 Å². The molecule has 0 heterocycles. The Balaban J connectivity index is 0.000001000. The Bertz CT molecular complexity index is 225. The van der Waals surface area contributed by atoms with Gasteiger partial charge in [-0.3, -0.25) is 0 Å². The standard InChI is InChI=1S/C8H10BrN.ClH/c1-6(10)7-3-2-4-8(9)5-7;/h2-6H,10H2,1H3;1H/t6-;/m1./s1. The van der Waals surface area contributed by atoms with E-state index in [1.807, 2.05) is 31.2 Å². The lowest BCUT2D eigenvalue weighted by Crippen LogP contribution is -2.04. The zero-order chi connectivity index (χ0) is 7.56. The molecule has 0 unspecified atom stereocenters. The summed E-state index contributed by atoms with van der Waals surface area (Å²) in [5, 5.41) is 0. The highest BCUT2D eigenvalue weighted by atomic mass is 79.9. The van der Waals surface area contributed by atoms with Crippen molar-refractivity contribution < 1.29 is 0 Å². The van der Waals surface area contributed by atoms with Crippen LogP contribution in [0.25, 0.3) is 0 Å². The van der Waals surface area contributed by atoms with Crippen LogP contribution in [0.4, 0.5) is 0 Å². The summed E-state index contributed by atoms with van der Waals surface area (Å²) in [6.45, 7) is 1.97. The van der Waals surface area contributed by atoms with E-state index < -0.39 is 0 Å². The highest BCUT2D eigenvalue weighted by Gasteiger charge is 1.97. The first kappa shape index (κ1) is 11.0. The third-order valence-corrected chi connectivity index (χ3v) is 1.87. The van der Waals surface area contributed by atoms with Gasteiger partial charge in [0.05, 0.1) is 0 Å². The Labute approximate surface area is 81.5 Å². The van der Waals surface area contributed by atoms with Gasteiger partial charge in [0, 0.05) is 10.5 Å². The van der Waals surface area contributed by atoms with E-state index in [0.717, 1.165) is 10.0 Å². The van der Waals surface area contributed by atoms with Gasteiger partial charge in [-0.25, -0.2) is 0 Å². The van der Waals surface area contributed by atoms with Crippen LogP contribution in [-0.4, -0.2) is 0 Å². The summed E-state index contributed by atoms with van der Waals surface area (Å²) < 4.78 is 1.09. The van der Waals surface area contributed by atoms with E-state index in [2.05, 4.69) is 15.9 Å². The van der Waals surface area contributed by atoms with Crippen molar-refractivity contribution in [1.82, 2.24) is 0 Å². The fraction of sp³-hybridized carbons (Fsp3) is 0.250. The molecule has 0 saturated heterocycles. The van der Waals surface area contributed by atoms with Gasteiger partial charge in [-0.05, 0) is 24.6 Å². The molecule has 1 nitrogen and oxygen atoms in total. The molecule has 3 heteroatoms. The summed E-state index contributed by atoms with van der Waals surface area (Å²) in [6, 6.07) is 8.16. The zero-order valence-electron chi connectivity index (χ0n) is 6.25. The van der Waals surface area contributed by atoms with Gasteiger partial charge in [0.2, 0.25) is 0 Å². The summed E-state index contributed by atoms with van der Waals surface area (Å²) in [6.07, 6.45) is 0. The predicted molar refractivity (Wildman–Crippen MR) is 54.0 cm³/mol. The monoisotopic (exact) mass is 235 g/mol. The second kappa shape index (κ2) is 4.75. The fourth-order valence-electron chi connectivity index (χ4n) is 0.790. The molecule has 0 aromatic heterocycles. The molecule has 1 atom stereocenters. The Morgan fingerprint density at radius 3 is 2.45 bits per heavy atom.